The molecule has 0 bridgehead atoms. The van der Waals surface area contributed by atoms with Gasteiger partial charge in [-0.1, -0.05) is 0 Å². The fourth-order valence-corrected chi connectivity index (χ4v) is 3.98. The zero-order chi connectivity index (χ0) is 14.3. The topological polar surface area (TPSA) is 47.1 Å². The van der Waals surface area contributed by atoms with Crippen LogP contribution in [-0.2, 0) is 13.6 Å². The lowest BCUT2D eigenvalue weighted by Gasteiger charge is -2.31. The molecule has 3 rings (SSSR count). The number of nitrogens with two attached hydrogens (primary N) is 1. The van der Waals surface area contributed by atoms with Crippen LogP contribution in [-0.4, -0.2) is 22.1 Å². The first-order chi connectivity index (χ1) is 9.56. The van der Waals surface area contributed by atoms with E-state index in [0.717, 1.165) is 34.7 Å². The molecule has 2 heterocycles. The van der Waals surface area contributed by atoms with Gasteiger partial charge in [0.15, 0.2) is 0 Å². The molecule has 0 saturated carbocycles. The molecule has 0 radical (unpaired) electrons. The van der Waals surface area contributed by atoms with E-state index in [2.05, 4.69) is 38.1 Å². The summed E-state index contributed by atoms with van der Waals surface area (Å²) < 4.78 is 3.05. The molecule has 2 aromatic rings. The third-order valence-corrected chi connectivity index (χ3v) is 5.62. The fourth-order valence-electron chi connectivity index (χ4n) is 2.49. The quantitative estimate of drug-likeness (QED) is 0.843. The van der Waals surface area contributed by atoms with Crippen LogP contribution in [0.4, 0.5) is 11.4 Å². The number of halogens is 1. The van der Waals surface area contributed by atoms with Crippen LogP contribution in [0.25, 0.3) is 0 Å². The lowest BCUT2D eigenvalue weighted by atomic mass is 10.2. The van der Waals surface area contributed by atoms with Crippen molar-refractivity contribution in [1.82, 2.24) is 9.78 Å². The predicted octanol–water partition coefficient (Wildman–Crippen LogP) is 3.19. The Hall–Kier alpha value is -1.14. The van der Waals surface area contributed by atoms with Gasteiger partial charge in [-0.05, 0) is 41.1 Å². The third kappa shape index (κ3) is 2.42. The van der Waals surface area contributed by atoms with Crippen molar-refractivity contribution in [3.63, 3.8) is 0 Å². The van der Waals surface area contributed by atoms with Crippen LogP contribution >= 0.6 is 27.7 Å². The fraction of sp³-hybridized carbons (Fsp3) is 0.357. The molecule has 1 aliphatic heterocycles. The summed E-state index contributed by atoms with van der Waals surface area (Å²) in [5, 5.41) is 4.46. The summed E-state index contributed by atoms with van der Waals surface area (Å²) in [7, 11) is 1.99. The van der Waals surface area contributed by atoms with Gasteiger partial charge < -0.3 is 10.6 Å². The Morgan fingerprint density at radius 1 is 1.45 bits per heavy atom. The number of nitrogen functional groups attached to an aromatic ring is 1. The van der Waals surface area contributed by atoms with Crippen molar-refractivity contribution in [3.8, 4) is 0 Å². The van der Waals surface area contributed by atoms with Crippen molar-refractivity contribution in [1.29, 1.82) is 0 Å². The highest BCUT2D eigenvalue weighted by Crippen LogP contribution is 2.37. The number of fused-ring (bicyclic) bond motifs is 1. The number of hydrogen-bond acceptors (Lipinski definition) is 4. The van der Waals surface area contributed by atoms with Gasteiger partial charge in [-0.2, -0.15) is 5.10 Å². The number of anilines is 2. The number of aryl methyl sites for hydroxylation is 2. The molecule has 2 N–H and O–H groups in total. The zero-order valence-corrected chi connectivity index (χ0v) is 14.0. The van der Waals surface area contributed by atoms with Crippen molar-refractivity contribution in [2.45, 2.75) is 18.4 Å². The van der Waals surface area contributed by atoms with Crippen LogP contribution in [0.2, 0.25) is 0 Å². The van der Waals surface area contributed by atoms with E-state index in [1.807, 2.05) is 36.5 Å². The van der Waals surface area contributed by atoms with Gasteiger partial charge in [0.25, 0.3) is 0 Å². The summed E-state index contributed by atoms with van der Waals surface area (Å²) in [6.07, 6.45) is 0. The predicted molar refractivity (Wildman–Crippen MR) is 88.3 cm³/mol. The SMILES string of the molecule is Cc1nn(C)c(CN2CCSc3ccc(N)cc32)c1Br. The molecule has 4 nitrogen and oxygen atoms in total. The van der Waals surface area contributed by atoms with Crippen molar-refractivity contribution < 1.29 is 0 Å². The van der Waals surface area contributed by atoms with E-state index < -0.39 is 0 Å². The monoisotopic (exact) mass is 352 g/mol. The van der Waals surface area contributed by atoms with E-state index >= 15 is 0 Å². The second kappa shape index (κ2) is 5.33. The largest absolute Gasteiger partial charge is 0.399 e. The molecule has 1 aromatic carbocycles. The number of rotatable bonds is 2. The number of nitrogens with zero attached hydrogens (tertiary/aromatic N) is 3. The minimum absolute atomic E-state index is 0.816. The molecule has 0 spiro atoms. The standard InChI is InChI=1S/C14H17BrN4S/c1-9-14(15)12(18(2)17-9)8-19-5-6-20-13-4-3-10(16)7-11(13)19/h3-4,7H,5-6,8,16H2,1-2H3. The average Bonchev–Trinajstić information content (AvgIpc) is 2.66. The van der Waals surface area contributed by atoms with E-state index in [1.54, 1.807) is 0 Å². The Labute approximate surface area is 131 Å². The van der Waals surface area contributed by atoms with E-state index in [4.69, 9.17) is 5.73 Å². The Kier molecular flexibility index (Phi) is 3.69. The van der Waals surface area contributed by atoms with Crippen LogP contribution in [0, 0.1) is 6.92 Å². The number of thioether (sulfide) groups is 1. The van der Waals surface area contributed by atoms with Gasteiger partial charge in [-0.15, -0.1) is 11.8 Å². The Morgan fingerprint density at radius 2 is 2.25 bits per heavy atom. The van der Waals surface area contributed by atoms with E-state index in [-0.39, 0.29) is 0 Å². The molecule has 1 aliphatic rings. The minimum Gasteiger partial charge on any atom is -0.399 e. The van der Waals surface area contributed by atoms with Crippen LogP contribution in [0.1, 0.15) is 11.4 Å². The lowest BCUT2D eigenvalue weighted by molar-refractivity contribution is 0.678. The molecule has 0 atom stereocenters. The van der Waals surface area contributed by atoms with Crippen LogP contribution in [0.5, 0.6) is 0 Å². The third-order valence-electron chi connectivity index (χ3n) is 3.54. The number of hydrogen-bond donors (Lipinski definition) is 1. The summed E-state index contributed by atoms with van der Waals surface area (Å²) in [6, 6.07) is 6.16. The smallest absolute Gasteiger partial charge is 0.0739 e. The van der Waals surface area contributed by atoms with Gasteiger partial charge in [-0.25, -0.2) is 0 Å². The van der Waals surface area contributed by atoms with Gasteiger partial charge in [0, 0.05) is 29.9 Å². The summed E-state index contributed by atoms with van der Waals surface area (Å²) in [4.78, 5) is 3.68. The number of benzene rings is 1. The van der Waals surface area contributed by atoms with Crippen molar-refractivity contribution in [3.05, 3.63) is 34.1 Å². The molecule has 20 heavy (non-hydrogen) atoms. The first kappa shape index (κ1) is 13.8. The van der Waals surface area contributed by atoms with Gasteiger partial charge >= 0.3 is 0 Å². The molecule has 0 aliphatic carbocycles. The highest BCUT2D eigenvalue weighted by Gasteiger charge is 2.21. The second-order valence-corrected chi connectivity index (χ2v) is 6.90. The summed E-state index contributed by atoms with van der Waals surface area (Å²) in [5.41, 5.74) is 10.2. The minimum atomic E-state index is 0.816. The maximum atomic E-state index is 5.94. The van der Waals surface area contributed by atoms with Crippen LogP contribution in [0.15, 0.2) is 27.6 Å². The van der Waals surface area contributed by atoms with E-state index in [9.17, 15) is 0 Å². The maximum absolute atomic E-state index is 5.94. The molecular formula is C14H17BrN4S. The molecule has 0 fully saturated rings. The normalized spacial score (nSPS) is 14.4. The van der Waals surface area contributed by atoms with Crippen LogP contribution in [0.3, 0.4) is 0 Å². The molecule has 1 aromatic heterocycles. The first-order valence-corrected chi connectivity index (χ1v) is 8.29. The van der Waals surface area contributed by atoms with Gasteiger partial charge in [0.05, 0.1) is 28.1 Å². The Balaban J connectivity index is 1.95. The Bertz CT molecular complexity index is 653. The summed E-state index contributed by atoms with van der Waals surface area (Å²) in [6.45, 7) is 3.89. The van der Waals surface area contributed by atoms with E-state index in [0.29, 0.717) is 0 Å². The van der Waals surface area contributed by atoms with Crippen molar-refractivity contribution in [2.75, 3.05) is 22.9 Å². The maximum Gasteiger partial charge on any atom is 0.0739 e. The second-order valence-electron chi connectivity index (χ2n) is 4.97. The number of aromatic nitrogens is 2. The zero-order valence-electron chi connectivity index (χ0n) is 11.6. The van der Waals surface area contributed by atoms with Crippen molar-refractivity contribution in [2.24, 2.45) is 7.05 Å². The summed E-state index contributed by atoms with van der Waals surface area (Å²) >= 11 is 5.54. The highest BCUT2D eigenvalue weighted by molar-refractivity contribution is 9.10. The molecule has 0 saturated heterocycles. The lowest BCUT2D eigenvalue weighted by Crippen LogP contribution is -2.29. The van der Waals surface area contributed by atoms with Gasteiger partial charge in [0.1, 0.15) is 0 Å². The van der Waals surface area contributed by atoms with Gasteiger partial charge in [-0.3, -0.25) is 4.68 Å². The summed E-state index contributed by atoms with van der Waals surface area (Å²) in [5.74, 6) is 1.10. The highest BCUT2D eigenvalue weighted by atomic mass is 79.9. The molecule has 106 valence electrons. The molecular weight excluding hydrogens is 336 g/mol. The Morgan fingerprint density at radius 3 is 2.95 bits per heavy atom. The molecule has 0 amide bonds. The molecule has 6 heteroatoms. The first-order valence-electron chi connectivity index (χ1n) is 6.51. The van der Waals surface area contributed by atoms with E-state index in [1.165, 1.54) is 16.3 Å². The van der Waals surface area contributed by atoms with Gasteiger partial charge in [0.2, 0.25) is 0 Å². The van der Waals surface area contributed by atoms with Crippen LogP contribution < -0.4 is 10.6 Å². The molecule has 0 unspecified atom stereocenters. The average molecular weight is 353 g/mol. The van der Waals surface area contributed by atoms with Crippen molar-refractivity contribution >= 4 is 39.1 Å².